The zero-order valence-corrected chi connectivity index (χ0v) is 36.0. The number of nitrogens with zero attached hydrogens (tertiary/aromatic N) is 3. The van der Waals surface area contributed by atoms with Gasteiger partial charge in [-0.1, -0.05) is 30.7 Å². The Kier molecular flexibility index (Phi) is 12.8. The molecule has 1 saturated carbocycles. The summed E-state index contributed by atoms with van der Waals surface area (Å²) < 4.78 is 46.9. The van der Waals surface area contributed by atoms with E-state index in [0.717, 1.165) is 94.1 Å². The number of carbonyl (C=O) groups is 2. The number of anilines is 1. The van der Waals surface area contributed by atoms with Crippen LogP contribution in [-0.4, -0.2) is 94.3 Å². The number of hydrogen-bond acceptors (Lipinski definition) is 11. The summed E-state index contributed by atoms with van der Waals surface area (Å²) in [5.41, 5.74) is 3.06. The highest BCUT2D eigenvalue weighted by Gasteiger charge is 2.49. The van der Waals surface area contributed by atoms with Crippen LogP contribution in [0.2, 0.25) is 5.02 Å². The number of sulfonamides is 1. The van der Waals surface area contributed by atoms with Crippen LogP contribution in [0.1, 0.15) is 84.8 Å². The summed E-state index contributed by atoms with van der Waals surface area (Å²) in [5, 5.41) is 3.20. The molecule has 6 atom stereocenters. The number of piperazine rings is 1. The van der Waals surface area contributed by atoms with Crippen LogP contribution in [0, 0.1) is 31.6 Å². The topological polar surface area (TPSA) is 143 Å². The van der Waals surface area contributed by atoms with Crippen molar-refractivity contribution in [1.29, 1.82) is 0 Å². The lowest BCUT2D eigenvalue weighted by atomic mass is 9.64. The molecule has 2 aliphatic carbocycles. The Bertz CT molecular complexity index is 2100. The molecular weight excluding hydrogens is 778 g/mol. The van der Waals surface area contributed by atoms with E-state index in [1.807, 2.05) is 39.0 Å². The number of methoxy groups -OCH3 is 1. The molecule has 5 aliphatic rings. The molecule has 1 saturated heterocycles. The molecule has 2 N–H and O–H groups in total. The molecule has 1 amide bonds. The normalized spacial score (nSPS) is 30.2. The highest BCUT2D eigenvalue weighted by atomic mass is 35.5. The Morgan fingerprint density at radius 1 is 1.10 bits per heavy atom. The van der Waals surface area contributed by atoms with Gasteiger partial charge in [-0.25, -0.2) is 18.1 Å². The number of hydrogen-bond donors (Lipinski definition) is 2. The van der Waals surface area contributed by atoms with Crippen LogP contribution in [-0.2, 0) is 37.9 Å². The first-order valence-corrected chi connectivity index (χ1v) is 22.6. The summed E-state index contributed by atoms with van der Waals surface area (Å²) in [5.74, 6) is 1.59. The van der Waals surface area contributed by atoms with E-state index < -0.39 is 26.8 Å². The van der Waals surface area contributed by atoms with Crippen LogP contribution in [0.25, 0.3) is 0 Å². The summed E-state index contributed by atoms with van der Waals surface area (Å²) in [6.45, 7) is 14.3. The van der Waals surface area contributed by atoms with Crippen molar-refractivity contribution in [3.63, 3.8) is 0 Å². The molecule has 4 heterocycles. The Morgan fingerprint density at radius 3 is 2.59 bits per heavy atom. The molecule has 1 spiro atoms. The van der Waals surface area contributed by atoms with Crippen molar-refractivity contribution in [3.05, 3.63) is 87.6 Å². The fourth-order valence-corrected chi connectivity index (χ4v) is 10.8. The monoisotopic (exact) mass is 835 g/mol. The first-order chi connectivity index (χ1) is 27.8. The molecule has 0 unspecified atom stereocenters. The summed E-state index contributed by atoms with van der Waals surface area (Å²) in [6.07, 6.45) is 9.65. The number of amides is 1. The third-order valence-electron chi connectivity index (χ3n) is 13.3. The number of benzene rings is 2. The summed E-state index contributed by atoms with van der Waals surface area (Å²) in [4.78, 5) is 35.1. The van der Waals surface area contributed by atoms with E-state index in [1.165, 1.54) is 11.1 Å². The number of oxazole rings is 1. The average Bonchev–Trinajstić information content (AvgIpc) is 3.43. The Morgan fingerprint density at radius 2 is 1.90 bits per heavy atom. The standard InChI is InChI=1S/C34H41ClN2O6S.C10H17N3O/c1-22-6-4-15-34(20-38,42-3)29-11-8-26(29)18-37-19-33(14-5-7-24-16-27(35)10-12-28(24)33)21-43-31-13-9-25(17-30(31)37)32(39)36-44(40,41)23(22)2;1-8-9(2)14-10(12-8)7-13-5-3-11-4-6-13/h4,9-10,12-13,15-17,20,22-23,26,29H,5-8,11,14,18-19,21H2,1-3H3,(H,36,39);11H,3-7H2,1-2H3/b15-4+;/t22-,23+,26-,29+,33-,34+;/m0./s1. The molecule has 3 aromatic rings. The number of halogens is 1. The van der Waals surface area contributed by atoms with Gasteiger partial charge in [-0.3, -0.25) is 14.5 Å². The van der Waals surface area contributed by atoms with Crippen LogP contribution in [0.4, 0.5) is 5.69 Å². The molecule has 12 nitrogen and oxygen atoms in total. The molecule has 2 aromatic carbocycles. The van der Waals surface area contributed by atoms with Gasteiger partial charge in [-0.15, -0.1) is 0 Å². The minimum atomic E-state index is -3.97. The van der Waals surface area contributed by atoms with Crippen LogP contribution in [0.5, 0.6) is 5.75 Å². The van der Waals surface area contributed by atoms with Crippen molar-refractivity contribution < 1.29 is 31.9 Å². The predicted molar refractivity (Wildman–Crippen MR) is 225 cm³/mol. The second kappa shape index (κ2) is 17.5. The Balaban J connectivity index is 0.000000307. The van der Waals surface area contributed by atoms with E-state index in [4.69, 9.17) is 25.5 Å². The fraction of sp³-hybridized carbons (Fsp3) is 0.568. The lowest BCUT2D eigenvalue weighted by molar-refractivity contribution is -0.135. The van der Waals surface area contributed by atoms with Gasteiger partial charge in [0.15, 0.2) is 6.29 Å². The van der Waals surface area contributed by atoms with Crippen molar-refractivity contribution >= 4 is 39.5 Å². The third-order valence-corrected chi connectivity index (χ3v) is 15.5. The minimum Gasteiger partial charge on any atom is -0.490 e. The van der Waals surface area contributed by atoms with Gasteiger partial charge in [0, 0.05) is 68.3 Å². The first kappa shape index (κ1) is 42.4. The summed E-state index contributed by atoms with van der Waals surface area (Å²) >= 11 is 6.40. The maximum absolute atomic E-state index is 13.4. The molecule has 314 valence electrons. The number of carbonyl (C=O) groups excluding carboxylic acids is 2. The van der Waals surface area contributed by atoms with Crippen molar-refractivity contribution in [3.8, 4) is 5.75 Å². The van der Waals surface area contributed by atoms with E-state index >= 15 is 0 Å². The van der Waals surface area contributed by atoms with Gasteiger partial charge < -0.3 is 24.1 Å². The van der Waals surface area contributed by atoms with E-state index in [0.29, 0.717) is 36.9 Å². The van der Waals surface area contributed by atoms with Crippen molar-refractivity contribution in [1.82, 2.24) is 19.9 Å². The van der Waals surface area contributed by atoms with Crippen LogP contribution in [0.15, 0.2) is 53.0 Å². The molecular formula is C44H58ClN5O7S. The molecule has 8 rings (SSSR count). The average molecular weight is 836 g/mol. The predicted octanol–water partition coefficient (Wildman–Crippen LogP) is 6.16. The molecule has 0 radical (unpaired) electrons. The van der Waals surface area contributed by atoms with Gasteiger partial charge in [0.05, 0.1) is 29.8 Å². The van der Waals surface area contributed by atoms with Gasteiger partial charge >= 0.3 is 0 Å². The van der Waals surface area contributed by atoms with Crippen LogP contribution in [0.3, 0.4) is 0 Å². The number of aromatic nitrogens is 1. The second-order valence-electron chi connectivity index (χ2n) is 17.0. The minimum absolute atomic E-state index is 0.0434. The first-order valence-electron chi connectivity index (χ1n) is 20.7. The molecule has 1 aromatic heterocycles. The Hall–Kier alpha value is -3.75. The number of ether oxygens (including phenoxy) is 2. The number of aldehydes is 1. The van der Waals surface area contributed by atoms with E-state index in [-0.39, 0.29) is 28.7 Å². The largest absolute Gasteiger partial charge is 0.490 e. The highest BCUT2D eigenvalue weighted by Crippen LogP contribution is 2.48. The van der Waals surface area contributed by atoms with Crippen molar-refractivity contribution in [2.75, 3.05) is 57.9 Å². The molecule has 58 heavy (non-hydrogen) atoms. The fourth-order valence-electron chi connectivity index (χ4n) is 9.35. The van der Waals surface area contributed by atoms with Gasteiger partial charge in [0.2, 0.25) is 15.9 Å². The van der Waals surface area contributed by atoms with E-state index in [1.54, 1.807) is 32.2 Å². The van der Waals surface area contributed by atoms with Gasteiger partial charge in [0.25, 0.3) is 5.91 Å². The second-order valence-corrected chi connectivity index (χ2v) is 19.5. The van der Waals surface area contributed by atoms with E-state index in [9.17, 15) is 18.0 Å². The summed E-state index contributed by atoms with van der Waals surface area (Å²) in [6, 6.07) is 11.3. The maximum atomic E-state index is 13.4. The van der Waals surface area contributed by atoms with Crippen molar-refractivity contribution in [2.24, 2.45) is 17.8 Å². The van der Waals surface area contributed by atoms with Crippen LogP contribution >= 0.6 is 11.6 Å². The van der Waals surface area contributed by atoms with Gasteiger partial charge in [-0.05, 0) is 119 Å². The number of aryl methyl sites for hydroxylation is 3. The Labute approximate surface area is 348 Å². The zero-order chi connectivity index (χ0) is 41.2. The lowest BCUT2D eigenvalue weighted by Crippen LogP contribution is -2.53. The van der Waals surface area contributed by atoms with Crippen LogP contribution < -0.4 is 19.7 Å². The number of fused-ring (bicyclic) bond motifs is 4. The quantitative estimate of drug-likeness (QED) is 0.230. The maximum Gasteiger partial charge on any atom is 0.264 e. The molecule has 14 heteroatoms. The van der Waals surface area contributed by atoms with Gasteiger partial charge in [0.1, 0.15) is 17.1 Å². The third kappa shape index (κ3) is 8.75. The smallest absolute Gasteiger partial charge is 0.264 e. The summed E-state index contributed by atoms with van der Waals surface area (Å²) in [7, 11) is -2.41. The van der Waals surface area contributed by atoms with Gasteiger partial charge in [-0.2, -0.15) is 0 Å². The zero-order valence-electron chi connectivity index (χ0n) is 34.4. The lowest BCUT2D eigenvalue weighted by Gasteiger charge is -2.48. The van der Waals surface area contributed by atoms with Crippen molar-refractivity contribution in [2.45, 2.75) is 89.0 Å². The molecule has 3 aliphatic heterocycles. The number of rotatable bonds is 4. The highest BCUT2D eigenvalue weighted by molar-refractivity contribution is 7.90. The number of allylic oxidation sites excluding steroid dienone is 1. The number of nitrogens with one attached hydrogen (secondary N) is 2. The molecule has 2 bridgehead atoms. The SMILES string of the molecule is CO[C@@]1(C=O)/C=C/C[C@H](C)[C@@H](C)S(=O)(=O)NC(=O)c2ccc3c(c2)N(C[C@@H]2CC[C@H]21)C[C@@]1(CCCc2cc(Cl)ccc21)CO3.Cc1nc(CN2CCNCC2)oc1C. The van der Waals surface area contributed by atoms with E-state index in [2.05, 4.69) is 37.0 Å². The molecule has 2 fully saturated rings.